The molecule has 0 radical (unpaired) electrons. The van der Waals surface area contributed by atoms with Crippen LogP contribution in [-0.4, -0.2) is 47.1 Å². The van der Waals surface area contributed by atoms with Crippen molar-refractivity contribution in [1.29, 1.82) is 5.26 Å². The molecule has 0 atom stereocenters. The number of rotatable bonds is 2. The number of pyridine rings is 1. The highest BCUT2D eigenvalue weighted by Crippen LogP contribution is 2.17. The Morgan fingerprint density at radius 1 is 1.09 bits per heavy atom. The van der Waals surface area contributed by atoms with Crippen LogP contribution in [0, 0.1) is 11.3 Å². The molecule has 1 N–H and O–H groups in total. The van der Waals surface area contributed by atoms with Crippen molar-refractivity contribution in [1.82, 2.24) is 9.88 Å². The van der Waals surface area contributed by atoms with Gasteiger partial charge in [0.05, 0.1) is 11.9 Å². The third kappa shape index (κ3) is 3.24. The number of aromatic nitrogens is 1. The number of nitriles is 1. The number of aromatic hydroxyl groups is 1. The minimum Gasteiger partial charge on any atom is -0.508 e. The molecule has 1 fully saturated rings. The normalized spacial score (nSPS) is 14.4. The Balaban J connectivity index is 1.62. The van der Waals surface area contributed by atoms with E-state index in [0.717, 1.165) is 18.8 Å². The summed E-state index contributed by atoms with van der Waals surface area (Å²) in [5, 5.41) is 18.1. The summed E-state index contributed by atoms with van der Waals surface area (Å²) in [5.74, 6) is 0.127. The zero-order chi connectivity index (χ0) is 16.2. The summed E-state index contributed by atoms with van der Waals surface area (Å²) in [6.07, 6.45) is 1.69. The van der Waals surface area contributed by atoms with Gasteiger partial charge in [-0.05, 0) is 36.4 Å². The van der Waals surface area contributed by atoms with E-state index in [0.29, 0.717) is 24.3 Å². The minimum atomic E-state index is -0.0254. The van der Waals surface area contributed by atoms with Crippen LogP contribution in [0.15, 0.2) is 42.6 Å². The molecule has 6 nitrogen and oxygen atoms in total. The Hall–Kier alpha value is -3.07. The standard InChI is InChI=1S/C17H16N4O2/c18-11-14-3-4-15(12-19-14)20-7-9-21(10-8-20)17(23)13-1-5-16(22)6-2-13/h1-6,12,22H,7-10H2. The molecular weight excluding hydrogens is 292 g/mol. The zero-order valence-electron chi connectivity index (χ0n) is 12.5. The lowest BCUT2D eigenvalue weighted by Crippen LogP contribution is -2.48. The molecule has 1 aliphatic heterocycles. The highest BCUT2D eigenvalue weighted by atomic mass is 16.3. The van der Waals surface area contributed by atoms with E-state index in [1.54, 1.807) is 29.3 Å². The van der Waals surface area contributed by atoms with Crippen molar-refractivity contribution in [3.8, 4) is 11.8 Å². The van der Waals surface area contributed by atoms with Crippen LogP contribution < -0.4 is 4.90 Å². The van der Waals surface area contributed by atoms with E-state index in [1.807, 2.05) is 12.1 Å². The second-order valence-electron chi connectivity index (χ2n) is 5.34. The van der Waals surface area contributed by atoms with E-state index in [-0.39, 0.29) is 11.7 Å². The smallest absolute Gasteiger partial charge is 0.253 e. The molecule has 0 aliphatic carbocycles. The number of carbonyl (C=O) groups excluding carboxylic acids is 1. The van der Waals surface area contributed by atoms with E-state index in [2.05, 4.69) is 9.88 Å². The quantitative estimate of drug-likeness (QED) is 0.912. The Morgan fingerprint density at radius 2 is 1.78 bits per heavy atom. The summed E-state index contributed by atoms with van der Waals surface area (Å²) in [7, 11) is 0. The topological polar surface area (TPSA) is 80.5 Å². The van der Waals surface area contributed by atoms with Crippen molar-refractivity contribution >= 4 is 11.6 Å². The molecule has 6 heteroatoms. The fourth-order valence-electron chi connectivity index (χ4n) is 2.59. The molecule has 0 unspecified atom stereocenters. The molecule has 1 aliphatic rings. The molecule has 1 aromatic carbocycles. The van der Waals surface area contributed by atoms with E-state index >= 15 is 0 Å². The highest BCUT2D eigenvalue weighted by molar-refractivity contribution is 5.94. The third-order valence-electron chi connectivity index (χ3n) is 3.91. The number of piperazine rings is 1. The van der Waals surface area contributed by atoms with Crippen LogP contribution >= 0.6 is 0 Å². The minimum absolute atomic E-state index is 0.0254. The summed E-state index contributed by atoms with van der Waals surface area (Å²) in [6.45, 7) is 2.69. The van der Waals surface area contributed by atoms with Gasteiger partial charge in [0.1, 0.15) is 17.5 Å². The van der Waals surface area contributed by atoms with Gasteiger partial charge in [0, 0.05) is 31.7 Å². The summed E-state index contributed by atoms with van der Waals surface area (Å²) in [6, 6.07) is 11.9. The maximum Gasteiger partial charge on any atom is 0.253 e. The van der Waals surface area contributed by atoms with E-state index in [9.17, 15) is 9.90 Å². The van der Waals surface area contributed by atoms with Crippen molar-refractivity contribution in [2.45, 2.75) is 0 Å². The fraction of sp³-hybridized carbons (Fsp3) is 0.235. The van der Waals surface area contributed by atoms with Crippen molar-refractivity contribution < 1.29 is 9.90 Å². The van der Waals surface area contributed by atoms with Crippen LogP contribution in [0.4, 0.5) is 5.69 Å². The zero-order valence-corrected chi connectivity index (χ0v) is 12.5. The first-order valence-electron chi connectivity index (χ1n) is 7.37. The molecule has 23 heavy (non-hydrogen) atoms. The van der Waals surface area contributed by atoms with Crippen molar-refractivity contribution in [2.24, 2.45) is 0 Å². The molecule has 2 heterocycles. The second kappa shape index (κ2) is 6.36. The molecule has 116 valence electrons. The van der Waals surface area contributed by atoms with Gasteiger partial charge in [0.15, 0.2) is 0 Å². The van der Waals surface area contributed by atoms with Gasteiger partial charge >= 0.3 is 0 Å². The highest BCUT2D eigenvalue weighted by Gasteiger charge is 2.22. The molecule has 0 saturated carbocycles. The number of phenolic OH excluding ortho intramolecular Hbond substituents is 1. The fourth-order valence-corrected chi connectivity index (χ4v) is 2.59. The number of hydrogen-bond acceptors (Lipinski definition) is 5. The monoisotopic (exact) mass is 308 g/mol. The first kappa shape index (κ1) is 14.9. The van der Waals surface area contributed by atoms with Crippen molar-refractivity contribution in [3.63, 3.8) is 0 Å². The number of hydrogen-bond donors (Lipinski definition) is 1. The first-order valence-corrected chi connectivity index (χ1v) is 7.37. The largest absolute Gasteiger partial charge is 0.508 e. The molecule has 0 spiro atoms. The average molecular weight is 308 g/mol. The van der Waals surface area contributed by atoms with Crippen LogP contribution in [0.1, 0.15) is 16.1 Å². The summed E-state index contributed by atoms with van der Waals surface area (Å²) in [5.41, 5.74) is 1.94. The molecule has 1 amide bonds. The van der Waals surface area contributed by atoms with E-state index < -0.39 is 0 Å². The van der Waals surface area contributed by atoms with Gasteiger partial charge in [-0.2, -0.15) is 5.26 Å². The van der Waals surface area contributed by atoms with Gasteiger partial charge in [-0.3, -0.25) is 4.79 Å². The Bertz CT molecular complexity index is 727. The summed E-state index contributed by atoms with van der Waals surface area (Å²) < 4.78 is 0. The molecule has 1 aromatic heterocycles. The van der Waals surface area contributed by atoms with E-state index in [1.165, 1.54) is 12.1 Å². The van der Waals surface area contributed by atoms with Crippen LogP contribution in [0.25, 0.3) is 0 Å². The number of anilines is 1. The van der Waals surface area contributed by atoms with Gasteiger partial charge in [0.25, 0.3) is 5.91 Å². The number of phenols is 1. The average Bonchev–Trinajstić information content (AvgIpc) is 2.62. The SMILES string of the molecule is N#Cc1ccc(N2CCN(C(=O)c3ccc(O)cc3)CC2)cn1. The van der Waals surface area contributed by atoms with Crippen LogP contribution in [-0.2, 0) is 0 Å². The maximum absolute atomic E-state index is 12.4. The van der Waals surface area contributed by atoms with Crippen molar-refractivity contribution in [3.05, 3.63) is 53.9 Å². The molecule has 3 rings (SSSR count). The Kier molecular flexibility index (Phi) is 4.11. The number of benzene rings is 1. The van der Waals surface area contributed by atoms with Gasteiger partial charge in [-0.1, -0.05) is 0 Å². The van der Waals surface area contributed by atoms with Gasteiger partial charge in [-0.25, -0.2) is 4.98 Å². The summed E-state index contributed by atoms with van der Waals surface area (Å²) >= 11 is 0. The lowest BCUT2D eigenvalue weighted by atomic mass is 10.1. The van der Waals surface area contributed by atoms with Gasteiger partial charge in [-0.15, -0.1) is 0 Å². The van der Waals surface area contributed by atoms with Crippen molar-refractivity contribution in [2.75, 3.05) is 31.1 Å². The molecule has 0 bridgehead atoms. The number of carbonyl (C=O) groups is 1. The first-order chi connectivity index (χ1) is 11.2. The predicted molar refractivity (Wildman–Crippen MR) is 85.2 cm³/mol. The van der Waals surface area contributed by atoms with E-state index in [4.69, 9.17) is 5.26 Å². The maximum atomic E-state index is 12.4. The molecule has 1 saturated heterocycles. The Labute approximate surface area is 134 Å². The van der Waals surface area contributed by atoms with Crippen LogP contribution in [0.2, 0.25) is 0 Å². The van der Waals surface area contributed by atoms with Gasteiger partial charge < -0.3 is 14.9 Å². The lowest BCUT2D eigenvalue weighted by molar-refractivity contribution is 0.0747. The number of amides is 1. The Morgan fingerprint density at radius 3 is 2.35 bits per heavy atom. The molecular formula is C17H16N4O2. The molecule has 2 aromatic rings. The van der Waals surface area contributed by atoms with Gasteiger partial charge in [0.2, 0.25) is 0 Å². The predicted octanol–water partition coefficient (Wildman–Crippen LogP) is 1.62. The second-order valence-corrected chi connectivity index (χ2v) is 5.34. The summed E-state index contributed by atoms with van der Waals surface area (Å²) in [4.78, 5) is 20.4. The van der Waals surface area contributed by atoms with Crippen LogP contribution in [0.5, 0.6) is 5.75 Å². The lowest BCUT2D eigenvalue weighted by Gasteiger charge is -2.36. The number of nitrogens with zero attached hydrogens (tertiary/aromatic N) is 4. The van der Waals surface area contributed by atoms with Crippen LogP contribution in [0.3, 0.4) is 0 Å². The third-order valence-corrected chi connectivity index (χ3v) is 3.91.